The van der Waals surface area contributed by atoms with Crippen molar-refractivity contribution in [3.05, 3.63) is 52.7 Å². The number of Topliss-reactive ketones (excluding diaryl/α,β-unsaturated/α-hetero) is 2. The van der Waals surface area contributed by atoms with Crippen molar-refractivity contribution in [2.24, 2.45) is 10.8 Å². The van der Waals surface area contributed by atoms with Gasteiger partial charge in [0, 0.05) is 43.1 Å². The Bertz CT molecular complexity index is 1180. The van der Waals surface area contributed by atoms with Crippen LogP contribution in [0.2, 0.25) is 0 Å². The molecule has 2 aromatic rings. The van der Waals surface area contributed by atoms with Gasteiger partial charge in [-0.3, -0.25) is 19.4 Å². The number of ketones is 2. The number of carbonyl (C=O) groups excluding carboxylic acids is 3. The SMILES string of the molecule is Cc1cc(-c2ccc(C#N)cn2)cc(C)c1C1C(=O)CC2(CCN(C(=O)C(C)(C)C)CC2)CC1=O. The number of aromatic nitrogens is 1. The predicted molar refractivity (Wildman–Crippen MR) is 134 cm³/mol. The van der Waals surface area contributed by atoms with Crippen molar-refractivity contribution >= 4 is 17.5 Å². The van der Waals surface area contributed by atoms with Crippen LogP contribution in [0, 0.1) is 36.0 Å². The Morgan fingerprint density at radius 3 is 2.09 bits per heavy atom. The Kier molecular flexibility index (Phi) is 6.40. The van der Waals surface area contributed by atoms with E-state index in [4.69, 9.17) is 5.26 Å². The Morgan fingerprint density at radius 1 is 1.06 bits per heavy atom. The van der Waals surface area contributed by atoms with Crippen LogP contribution in [0.1, 0.15) is 74.6 Å². The zero-order valence-corrected chi connectivity index (χ0v) is 21.3. The van der Waals surface area contributed by atoms with Crippen LogP contribution in [-0.2, 0) is 14.4 Å². The highest BCUT2D eigenvalue weighted by Gasteiger charge is 2.48. The lowest BCUT2D eigenvalue weighted by Crippen LogP contribution is -2.50. The zero-order valence-electron chi connectivity index (χ0n) is 21.3. The molecule has 2 fully saturated rings. The summed E-state index contributed by atoms with van der Waals surface area (Å²) in [7, 11) is 0. The molecule has 2 aliphatic rings. The standard InChI is InChI=1S/C29H33N3O3/c1-18-12-21(22-7-6-20(16-30)17-31-22)13-19(2)25(18)26-23(33)14-29(15-24(26)34)8-10-32(11-9-29)27(35)28(3,4)5/h6-7,12-13,17,26H,8-11,14-15H2,1-5H3. The molecule has 0 unspecified atom stereocenters. The van der Waals surface area contributed by atoms with E-state index in [1.165, 1.54) is 0 Å². The summed E-state index contributed by atoms with van der Waals surface area (Å²) in [5.41, 5.74) is 4.01. The number of nitriles is 1. The number of nitrogens with zero attached hydrogens (tertiary/aromatic N) is 3. The number of hydrogen-bond donors (Lipinski definition) is 0. The normalized spacial score (nSPS) is 18.6. The smallest absolute Gasteiger partial charge is 0.227 e. The van der Waals surface area contributed by atoms with Crippen LogP contribution in [-0.4, -0.2) is 40.4 Å². The van der Waals surface area contributed by atoms with E-state index in [-0.39, 0.29) is 22.9 Å². The maximum atomic E-state index is 13.4. The minimum atomic E-state index is -0.724. The van der Waals surface area contributed by atoms with Crippen LogP contribution >= 0.6 is 0 Å². The van der Waals surface area contributed by atoms with Gasteiger partial charge in [0.15, 0.2) is 0 Å². The van der Waals surface area contributed by atoms with Gasteiger partial charge in [0.25, 0.3) is 0 Å². The second-order valence-corrected chi connectivity index (χ2v) is 11.3. The molecular weight excluding hydrogens is 438 g/mol. The highest BCUT2D eigenvalue weighted by atomic mass is 16.2. The molecule has 0 radical (unpaired) electrons. The van der Waals surface area contributed by atoms with Crippen molar-refractivity contribution in [2.45, 2.75) is 66.2 Å². The van der Waals surface area contributed by atoms with Gasteiger partial charge in [-0.15, -0.1) is 0 Å². The first-order valence-corrected chi connectivity index (χ1v) is 12.3. The molecule has 6 heteroatoms. The van der Waals surface area contributed by atoms with E-state index in [0.29, 0.717) is 44.3 Å². The van der Waals surface area contributed by atoms with Crippen LogP contribution < -0.4 is 0 Å². The van der Waals surface area contributed by atoms with Gasteiger partial charge in [-0.2, -0.15) is 5.26 Å². The predicted octanol–water partition coefficient (Wildman–Crippen LogP) is 4.91. The summed E-state index contributed by atoms with van der Waals surface area (Å²) >= 11 is 0. The lowest BCUT2D eigenvalue weighted by molar-refractivity contribution is -0.144. The van der Waals surface area contributed by atoms with Gasteiger partial charge in [-0.1, -0.05) is 20.8 Å². The Balaban J connectivity index is 1.54. The molecule has 6 nitrogen and oxygen atoms in total. The van der Waals surface area contributed by atoms with Crippen LogP contribution in [0.4, 0.5) is 0 Å². The second-order valence-electron chi connectivity index (χ2n) is 11.3. The van der Waals surface area contributed by atoms with E-state index in [1.54, 1.807) is 12.3 Å². The summed E-state index contributed by atoms with van der Waals surface area (Å²) in [6, 6.07) is 9.55. The van der Waals surface area contributed by atoms with E-state index >= 15 is 0 Å². The van der Waals surface area contributed by atoms with Crippen molar-refractivity contribution in [1.82, 2.24) is 9.88 Å². The van der Waals surface area contributed by atoms with Crippen LogP contribution in [0.15, 0.2) is 30.5 Å². The Labute approximate surface area is 207 Å². The maximum absolute atomic E-state index is 13.4. The molecule has 0 bridgehead atoms. The first kappa shape index (κ1) is 24.8. The fraction of sp³-hybridized carbons (Fsp3) is 0.483. The number of carbonyl (C=O) groups is 3. The molecule has 2 heterocycles. The number of piperidine rings is 1. The average Bonchev–Trinajstić information content (AvgIpc) is 2.79. The molecule has 4 rings (SSSR count). The molecule has 35 heavy (non-hydrogen) atoms. The summed E-state index contributed by atoms with van der Waals surface area (Å²) in [5, 5.41) is 9.01. The molecular formula is C29H33N3O3. The van der Waals surface area contributed by atoms with Crippen LogP contribution in [0.25, 0.3) is 11.3 Å². The molecule has 182 valence electrons. The van der Waals surface area contributed by atoms with Gasteiger partial charge in [-0.25, -0.2) is 0 Å². The van der Waals surface area contributed by atoms with Crippen molar-refractivity contribution in [1.29, 1.82) is 5.26 Å². The largest absolute Gasteiger partial charge is 0.342 e. The zero-order chi connectivity index (χ0) is 25.5. The van der Waals surface area contributed by atoms with Crippen molar-refractivity contribution in [2.75, 3.05) is 13.1 Å². The van der Waals surface area contributed by atoms with Crippen molar-refractivity contribution < 1.29 is 14.4 Å². The lowest BCUT2D eigenvalue weighted by atomic mass is 9.62. The van der Waals surface area contributed by atoms with E-state index in [0.717, 1.165) is 27.9 Å². The minimum absolute atomic E-state index is 0.00713. The van der Waals surface area contributed by atoms with Crippen LogP contribution in [0.3, 0.4) is 0 Å². The Morgan fingerprint density at radius 2 is 1.63 bits per heavy atom. The van der Waals surface area contributed by atoms with E-state index in [1.807, 2.05) is 57.7 Å². The van der Waals surface area contributed by atoms with Gasteiger partial charge in [-0.05, 0) is 73.1 Å². The first-order chi connectivity index (χ1) is 16.4. The molecule has 1 spiro atoms. The lowest BCUT2D eigenvalue weighted by Gasteiger charge is -2.45. The molecule has 1 aliphatic carbocycles. The number of likely N-dealkylation sites (tertiary alicyclic amines) is 1. The summed E-state index contributed by atoms with van der Waals surface area (Å²) in [6.07, 6.45) is 3.71. The number of amides is 1. The highest BCUT2D eigenvalue weighted by molar-refractivity contribution is 6.10. The third-order valence-corrected chi connectivity index (χ3v) is 7.57. The third kappa shape index (κ3) is 4.77. The van der Waals surface area contributed by atoms with Crippen LogP contribution in [0.5, 0.6) is 0 Å². The molecule has 0 atom stereocenters. The fourth-order valence-electron chi connectivity index (χ4n) is 5.73. The van der Waals surface area contributed by atoms with E-state index in [9.17, 15) is 14.4 Å². The molecule has 1 aromatic carbocycles. The summed E-state index contributed by atoms with van der Waals surface area (Å²) in [4.78, 5) is 45.8. The Hall–Kier alpha value is -3.33. The molecule has 1 amide bonds. The molecule has 1 saturated carbocycles. The quantitative estimate of drug-likeness (QED) is 0.581. The van der Waals surface area contributed by atoms with Gasteiger partial charge in [0.1, 0.15) is 23.6 Å². The molecule has 1 aromatic heterocycles. The van der Waals surface area contributed by atoms with E-state index in [2.05, 4.69) is 11.1 Å². The number of rotatable bonds is 2. The number of hydrogen-bond acceptors (Lipinski definition) is 5. The monoisotopic (exact) mass is 471 g/mol. The molecule has 0 N–H and O–H groups in total. The number of benzene rings is 1. The fourth-order valence-corrected chi connectivity index (χ4v) is 5.73. The molecule has 1 aliphatic heterocycles. The van der Waals surface area contributed by atoms with Crippen molar-refractivity contribution in [3.63, 3.8) is 0 Å². The number of pyridine rings is 1. The van der Waals surface area contributed by atoms with Gasteiger partial charge in [0.2, 0.25) is 5.91 Å². The summed E-state index contributed by atoms with van der Waals surface area (Å²) in [6.45, 7) is 10.9. The summed E-state index contributed by atoms with van der Waals surface area (Å²) in [5.74, 6) is -0.612. The average molecular weight is 472 g/mol. The van der Waals surface area contributed by atoms with Crippen molar-refractivity contribution in [3.8, 4) is 17.3 Å². The maximum Gasteiger partial charge on any atom is 0.227 e. The first-order valence-electron chi connectivity index (χ1n) is 12.3. The number of aryl methyl sites for hydroxylation is 2. The van der Waals surface area contributed by atoms with Gasteiger partial charge < -0.3 is 4.90 Å². The highest BCUT2D eigenvalue weighted by Crippen LogP contribution is 2.47. The second kappa shape index (κ2) is 9.03. The molecule has 1 saturated heterocycles. The topological polar surface area (TPSA) is 91.1 Å². The van der Waals surface area contributed by atoms with Gasteiger partial charge in [0.05, 0.1) is 11.3 Å². The summed E-state index contributed by atoms with van der Waals surface area (Å²) < 4.78 is 0. The van der Waals surface area contributed by atoms with Gasteiger partial charge >= 0.3 is 0 Å². The third-order valence-electron chi connectivity index (χ3n) is 7.57. The van der Waals surface area contributed by atoms with E-state index < -0.39 is 11.3 Å². The minimum Gasteiger partial charge on any atom is -0.342 e.